The SMILES string of the molecule is C=C1CC(OC(C)=O)C(C(C)C)C(OC(C)=O)C2C1CC(OC(C)=O)C2(C)O. The Morgan fingerprint density at radius 1 is 1.07 bits per heavy atom. The van der Waals surface area contributed by atoms with Crippen molar-refractivity contribution < 1.29 is 33.7 Å². The molecule has 0 amide bonds. The fourth-order valence-corrected chi connectivity index (χ4v) is 5.07. The standard InChI is InChI=1S/C21H32O7/c1-10(2)18-16(26-12(4)22)8-11(3)15-9-17(27-13(5)23)21(7,25)19(15)20(18)28-14(6)24/h10,15-20,25H,3,8-9H2,1-2,4-7H3. The van der Waals surface area contributed by atoms with Crippen LogP contribution in [0, 0.1) is 23.7 Å². The minimum absolute atomic E-state index is 0.00354. The Hall–Kier alpha value is -1.89. The summed E-state index contributed by atoms with van der Waals surface area (Å²) in [5, 5.41) is 11.4. The maximum atomic E-state index is 11.9. The molecule has 2 aliphatic rings. The molecular formula is C21H32O7. The number of ether oxygens (including phenoxy) is 3. The zero-order chi connectivity index (χ0) is 21.4. The van der Waals surface area contributed by atoms with Gasteiger partial charge >= 0.3 is 17.9 Å². The first-order chi connectivity index (χ1) is 12.9. The van der Waals surface area contributed by atoms with Crippen molar-refractivity contribution in [2.75, 3.05) is 0 Å². The van der Waals surface area contributed by atoms with Crippen LogP contribution in [0.3, 0.4) is 0 Å². The Labute approximate surface area is 166 Å². The van der Waals surface area contributed by atoms with Gasteiger partial charge in [0.25, 0.3) is 0 Å². The third-order valence-electron chi connectivity index (χ3n) is 6.08. The highest BCUT2D eigenvalue weighted by atomic mass is 16.6. The van der Waals surface area contributed by atoms with Gasteiger partial charge in [0.15, 0.2) is 0 Å². The Morgan fingerprint density at radius 3 is 2.07 bits per heavy atom. The van der Waals surface area contributed by atoms with Gasteiger partial charge in [-0.3, -0.25) is 14.4 Å². The number of rotatable bonds is 4. The maximum Gasteiger partial charge on any atom is 0.303 e. The lowest BCUT2D eigenvalue weighted by Crippen LogP contribution is -2.52. The number of esters is 3. The summed E-state index contributed by atoms with van der Waals surface area (Å²) in [5.41, 5.74) is -0.621. The van der Waals surface area contributed by atoms with Crippen LogP contribution in [0.1, 0.15) is 54.4 Å². The lowest BCUT2D eigenvalue weighted by molar-refractivity contribution is -0.183. The lowest BCUT2D eigenvalue weighted by Gasteiger charge is -2.41. The smallest absolute Gasteiger partial charge is 0.303 e. The number of hydrogen-bond donors (Lipinski definition) is 1. The van der Waals surface area contributed by atoms with E-state index in [1.54, 1.807) is 6.92 Å². The number of carbonyl (C=O) groups is 3. The van der Waals surface area contributed by atoms with E-state index >= 15 is 0 Å². The van der Waals surface area contributed by atoms with Crippen molar-refractivity contribution in [2.24, 2.45) is 23.7 Å². The Bertz CT molecular complexity index is 651. The summed E-state index contributed by atoms with van der Waals surface area (Å²) < 4.78 is 16.7. The Morgan fingerprint density at radius 2 is 1.61 bits per heavy atom. The van der Waals surface area contributed by atoms with Gasteiger partial charge in [-0.2, -0.15) is 0 Å². The quantitative estimate of drug-likeness (QED) is 0.442. The van der Waals surface area contributed by atoms with E-state index < -0.39 is 47.7 Å². The van der Waals surface area contributed by atoms with E-state index in [0.29, 0.717) is 12.8 Å². The first kappa shape index (κ1) is 22.4. The lowest BCUT2D eigenvalue weighted by atomic mass is 9.74. The van der Waals surface area contributed by atoms with Gasteiger partial charge in [-0.15, -0.1) is 0 Å². The molecule has 0 bridgehead atoms. The van der Waals surface area contributed by atoms with Gasteiger partial charge in [0, 0.05) is 39.0 Å². The molecule has 0 radical (unpaired) electrons. The van der Waals surface area contributed by atoms with Crippen molar-refractivity contribution in [3.8, 4) is 0 Å². The molecule has 2 rings (SSSR count). The van der Waals surface area contributed by atoms with E-state index in [-0.39, 0.29) is 17.8 Å². The van der Waals surface area contributed by atoms with Crippen LogP contribution in [-0.4, -0.2) is 46.9 Å². The summed E-state index contributed by atoms with van der Waals surface area (Å²) in [6, 6.07) is 0. The van der Waals surface area contributed by atoms with Crippen LogP contribution in [0.4, 0.5) is 0 Å². The second kappa shape index (κ2) is 8.23. The molecule has 0 aromatic rings. The third kappa shape index (κ3) is 4.40. The summed E-state index contributed by atoms with van der Waals surface area (Å²) >= 11 is 0. The molecule has 0 aliphatic heterocycles. The molecule has 0 saturated heterocycles. The Balaban J connectivity index is 2.55. The summed E-state index contributed by atoms with van der Waals surface area (Å²) in [5.74, 6) is -2.45. The molecule has 28 heavy (non-hydrogen) atoms. The van der Waals surface area contributed by atoms with Gasteiger partial charge in [-0.1, -0.05) is 26.0 Å². The number of carbonyl (C=O) groups excluding carboxylic acids is 3. The van der Waals surface area contributed by atoms with E-state index in [0.717, 1.165) is 5.57 Å². The van der Waals surface area contributed by atoms with Gasteiger partial charge in [-0.25, -0.2) is 0 Å². The third-order valence-corrected chi connectivity index (χ3v) is 6.08. The van der Waals surface area contributed by atoms with Crippen LogP contribution >= 0.6 is 0 Å². The maximum absolute atomic E-state index is 11.9. The van der Waals surface area contributed by atoms with Crippen molar-refractivity contribution in [1.82, 2.24) is 0 Å². The van der Waals surface area contributed by atoms with Crippen molar-refractivity contribution >= 4 is 17.9 Å². The van der Waals surface area contributed by atoms with E-state index in [2.05, 4.69) is 6.58 Å². The van der Waals surface area contributed by atoms with E-state index in [1.807, 2.05) is 13.8 Å². The molecule has 0 spiro atoms. The first-order valence-electron chi connectivity index (χ1n) is 9.77. The predicted octanol–water partition coefficient (Wildman–Crippen LogP) is 2.40. The normalized spacial score (nSPS) is 37.8. The summed E-state index contributed by atoms with van der Waals surface area (Å²) in [6.07, 6.45) is -1.16. The zero-order valence-corrected chi connectivity index (χ0v) is 17.6. The highest BCUT2D eigenvalue weighted by Gasteiger charge is 2.61. The summed E-state index contributed by atoms with van der Waals surface area (Å²) in [4.78, 5) is 35.2. The minimum Gasteiger partial charge on any atom is -0.462 e. The highest BCUT2D eigenvalue weighted by Crippen LogP contribution is 2.53. The minimum atomic E-state index is -1.42. The number of hydrogen-bond acceptors (Lipinski definition) is 7. The molecule has 2 aliphatic carbocycles. The van der Waals surface area contributed by atoms with Gasteiger partial charge < -0.3 is 19.3 Å². The van der Waals surface area contributed by atoms with Crippen LogP contribution in [-0.2, 0) is 28.6 Å². The molecular weight excluding hydrogens is 364 g/mol. The van der Waals surface area contributed by atoms with Crippen molar-refractivity contribution in [3.63, 3.8) is 0 Å². The van der Waals surface area contributed by atoms with Crippen LogP contribution in [0.5, 0.6) is 0 Å². The highest BCUT2D eigenvalue weighted by molar-refractivity contribution is 5.67. The fraction of sp³-hybridized carbons (Fsp3) is 0.762. The van der Waals surface area contributed by atoms with Crippen LogP contribution in [0.25, 0.3) is 0 Å². The molecule has 0 heterocycles. The molecule has 7 heteroatoms. The molecule has 7 unspecified atom stereocenters. The van der Waals surface area contributed by atoms with Crippen LogP contribution < -0.4 is 0 Å². The number of aliphatic hydroxyl groups is 1. The molecule has 1 N–H and O–H groups in total. The summed E-state index contributed by atoms with van der Waals surface area (Å²) in [7, 11) is 0. The molecule has 0 aromatic carbocycles. The van der Waals surface area contributed by atoms with E-state index in [9.17, 15) is 19.5 Å². The average molecular weight is 396 g/mol. The topological polar surface area (TPSA) is 99.1 Å². The fourth-order valence-electron chi connectivity index (χ4n) is 5.07. The Kier molecular flexibility index (Phi) is 6.58. The van der Waals surface area contributed by atoms with Crippen molar-refractivity contribution in [2.45, 2.75) is 78.3 Å². The number of fused-ring (bicyclic) bond motifs is 1. The molecule has 158 valence electrons. The largest absolute Gasteiger partial charge is 0.462 e. The molecule has 7 nitrogen and oxygen atoms in total. The van der Waals surface area contributed by atoms with Gasteiger partial charge in [0.1, 0.15) is 23.9 Å². The molecule has 2 saturated carbocycles. The monoisotopic (exact) mass is 396 g/mol. The van der Waals surface area contributed by atoms with Gasteiger partial charge in [0.05, 0.1) is 0 Å². The average Bonchev–Trinajstić information content (AvgIpc) is 2.68. The second-order valence-corrected chi connectivity index (χ2v) is 8.60. The van der Waals surface area contributed by atoms with E-state index in [4.69, 9.17) is 14.2 Å². The molecule has 7 atom stereocenters. The zero-order valence-electron chi connectivity index (χ0n) is 17.6. The summed E-state index contributed by atoms with van der Waals surface area (Å²) in [6.45, 7) is 13.7. The molecule has 2 fully saturated rings. The predicted molar refractivity (Wildman–Crippen MR) is 101 cm³/mol. The van der Waals surface area contributed by atoms with Crippen LogP contribution in [0.15, 0.2) is 12.2 Å². The van der Waals surface area contributed by atoms with E-state index in [1.165, 1.54) is 20.8 Å². The van der Waals surface area contributed by atoms with Crippen molar-refractivity contribution in [3.05, 3.63) is 12.2 Å². The second-order valence-electron chi connectivity index (χ2n) is 8.60. The van der Waals surface area contributed by atoms with Crippen molar-refractivity contribution in [1.29, 1.82) is 0 Å². The van der Waals surface area contributed by atoms with Crippen LogP contribution in [0.2, 0.25) is 0 Å². The first-order valence-corrected chi connectivity index (χ1v) is 9.77. The van der Waals surface area contributed by atoms with Gasteiger partial charge in [0.2, 0.25) is 0 Å². The molecule has 0 aromatic heterocycles. The van der Waals surface area contributed by atoms with Gasteiger partial charge in [-0.05, 0) is 25.2 Å².